The summed E-state index contributed by atoms with van der Waals surface area (Å²) in [5, 5.41) is 10.7. The van der Waals surface area contributed by atoms with Crippen LogP contribution in [0.2, 0.25) is 0 Å². The largest absolute Gasteiger partial charge is 0.397 e. The number of rotatable bonds is 2. The molecular formula is C21H27N3O. The quantitative estimate of drug-likeness (QED) is 0.825. The number of benzene rings is 2. The molecule has 1 saturated heterocycles. The Morgan fingerprint density at radius 3 is 2.48 bits per heavy atom. The van der Waals surface area contributed by atoms with E-state index >= 15 is 0 Å². The fraction of sp³-hybridized carbons (Fsp3) is 0.429. The molecule has 25 heavy (non-hydrogen) atoms. The third-order valence-electron chi connectivity index (χ3n) is 5.85. The van der Waals surface area contributed by atoms with Gasteiger partial charge in [-0.1, -0.05) is 30.3 Å². The van der Waals surface area contributed by atoms with Crippen molar-refractivity contribution in [3.8, 4) is 0 Å². The summed E-state index contributed by atoms with van der Waals surface area (Å²) in [5.41, 5.74) is 12.2. The minimum Gasteiger partial charge on any atom is -0.397 e. The number of anilines is 2. The number of hydrogen-bond donors (Lipinski definition) is 2. The van der Waals surface area contributed by atoms with Gasteiger partial charge in [0.2, 0.25) is 0 Å². The maximum atomic E-state index is 10.7. The summed E-state index contributed by atoms with van der Waals surface area (Å²) in [7, 11) is 0. The van der Waals surface area contributed by atoms with Crippen molar-refractivity contribution in [3.63, 3.8) is 0 Å². The standard InChI is InChI=1S/C21H27N3O/c1-15-5-4-6-16-13-21(25)20(14-17(15)16)24-11-9-23(10-12-24)19-8-3-2-7-18(19)22/h2-8,20-21,25H,9-14,22H2,1H3/t20-,21-/m0/s1. The molecule has 1 aliphatic heterocycles. The van der Waals surface area contributed by atoms with Gasteiger partial charge in [-0.05, 0) is 42.2 Å². The molecule has 2 aliphatic rings. The molecule has 1 fully saturated rings. The van der Waals surface area contributed by atoms with Gasteiger partial charge >= 0.3 is 0 Å². The number of para-hydroxylation sites is 2. The number of nitrogens with zero attached hydrogens (tertiary/aromatic N) is 2. The summed E-state index contributed by atoms with van der Waals surface area (Å²) in [6.07, 6.45) is 1.45. The SMILES string of the molecule is Cc1cccc2c1C[C@H](N1CCN(c3ccccc3N)CC1)[C@@H](O)C2. The number of aliphatic hydroxyl groups is 1. The predicted molar refractivity (Wildman–Crippen MR) is 103 cm³/mol. The molecule has 2 atom stereocenters. The molecule has 0 aromatic heterocycles. The Morgan fingerprint density at radius 2 is 1.72 bits per heavy atom. The lowest BCUT2D eigenvalue weighted by Gasteiger charge is -2.44. The Labute approximate surface area is 149 Å². The highest BCUT2D eigenvalue weighted by atomic mass is 16.3. The summed E-state index contributed by atoms with van der Waals surface area (Å²) in [6.45, 7) is 6.04. The highest BCUT2D eigenvalue weighted by Crippen LogP contribution is 2.29. The molecule has 0 unspecified atom stereocenters. The van der Waals surface area contributed by atoms with Crippen molar-refractivity contribution in [1.29, 1.82) is 0 Å². The van der Waals surface area contributed by atoms with Crippen LogP contribution in [0, 0.1) is 6.92 Å². The summed E-state index contributed by atoms with van der Waals surface area (Å²) in [4.78, 5) is 4.83. The van der Waals surface area contributed by atoms with Crippen molar-refractivity contribution in [3.05, 3.63) is 59.2 Å². The molecule has 0 spiro atoms. The van der Waals surface area contributed by atoms with Crippen molar-refractivity contribution < 1.29 is 5.11 Å². The summed E-state index contributed by atoms with van der Waals surface area (Å²) < 4.78 is 0. The van der Waals surface area contributed by atoms with Crippen molar-refractivity contribution in [2.45, 2.75) is 31.9 Å². The first-order chi connectivity index (χ1) is 12.1. The first-order valence-electron chi connectivity index (χ1n) is 9.22. The van der Waals surface area contributed by atoms with Crippen LogP contribution in [-0.2, 0) is 12.8 Å². The zero-order valence-corrected chi connectivity index (χ0v) is 14.9. The molecular weight excluding hydrogens is 310 g/mol. The van der Waals surface area contributed by atoms with Crippen LogP contribution < -0.4 is 10.6 Å². The van der Waals surface area contributed by atoms with Gasteiger partial charge in [0.05, 0.1) is 17.5 Å². The number of nitrogen functional groups attached to an aromatic ring is 1. The van der Waals surface area contributed by atoms with Crippen molar-refractivity contribution >= 4 is 11.4 Å². The van der Waals surface area contributed by atoms with E-state index in [1.807, 2.05) is 18.2 Å². The molecule has 1 aliphatic carbocycles. The smallest absolute Gasteiger partial charge is 0.0739 e. The van der Waals surface area contributed by atoms with E-state index in [0.29, 0.717) is 0 Å². The molecule has 2 aromatic carbocycles. The number of aryl methyl sites for hydroxylation is 1. The Hall–Kier alpha value is -2.04. The molecule has 4 heteroatoms. The number of fused-ring (bicyclic) bond motifs is 1. The minimum atomic E-state index is -0.275. The van der Waals surface area contributed by atoms with Crippen molar-refractivity contribution in [2.75, 3.05) is 36.8 Å². The van der Waals surface area contributed by atoms with Gasteiger partial charge in [0.25, 0.3) is 0 Å². The van der Waals surface area contributed by atoms with Crippen LogP contribution in [0.4, 0.5) is 11.4 Å². The summed E-state index contributed by atoms with van der Waals surface area (Å²) in [5.74, 6) is 0. The average molecular weight is 337 g/mol. The van der Waals surface area contributed by atoms with Crippen molar-refractivity contribution in [1.82, 2.24) is 4.90 Å². The molecule has 2 aromatic rings. The van der Waals surface area contributed by atoms with E-state index in [2.05, 4.69) is 41.0 Å². The lowest BCUT2D eigenvalue weighted by molar-refractivity contribution is 0.0394. The molecule has 4 rings (SSSR count). The zero-order valence-electron chi connectivity index (χ0n) is 14.9. The molecule has 0 bridgehead atoms. The molecule has 132 valence electrons. The summed E-state index contributed by atoms with van der Waals surface area (Å²) >= 11 is 0. The highest BCUT2D eigenvalue weighted by Gasteiger charge is 2.33. The van der Waals surface area contributed by atoms with Gasteiger partial charge in [-0.3, -0.25) is 4.90 Å². The number of hydrogen-bond acceptors (Lipinski definition) is 4. The topological polar surface area (TPSA) is 52.7 Å². The predicted octanol–water partition coefficient (Wildman–Crippen LogP) is 2.23. The van der Waals surface area contributed by atoms with E-state index in [4.69, 9.17) is 5.73 Å². The third-order valence-corrected chi connectivity index (χ3v) is 5.85. The van der Waals surface area contributed by atoms with Crippen LogP contribution in [0.15, 0.2) is 42.5 Å². The van der Waals surface area contributed by atoms with Gasteiger partial charge in [-0.25, -0.2) is 0 Å². The Kier molecular flexibility index (Phi) is 4.40. The van der Waals surface area contributed by atoms with Gasteiger partial charge in [-0.2, -0.15) is 0 Å². The summed E-state index contributed by atoms with van der Waals surface area (Å²) in [6, 6.07) is 14.8. The van der Waals surface area contributed by atoms with Gasteiger partial charge < -0.3 is 15.7 Å². The van der Waals surface area contributed by atoms with Crippen LogP contribution in [0.5, 0.6) is 0 Å². The molecule has 0 saturated carbocycles. The van der Waals surface area contributed by atoms with Gasteiger partial charge in [-0.15, -0.1) is 0 Å². The Balaban J connectivity index is 1.46. The second-order valence-corrected chi connectivity index (χ2v) is 7.34. The van der Waals surface area contributed by atoms with E-state index in [9.17, 15) is 5.11 Å². The van der Waals surface area contributed by atoms with Gasteiger partial charge in [0.15, 0.2) is 0 Å². The van der Waals surface area contributed by atoms with Crippen LogP contribution in [0.25, 0.3) is 0 Å². The molecule has 3 N–H and O–H groups in total. The molecule has 0 radical (unpaired) electrons. The first-order valence-corrected chi connectivity index (χ1v) is 9.22. The van der Waals surface area contributed by atoms with Crippen molar-refractivity contribution in [2.24, 2.45) is 0 Å². The van der Waals surface area contributed by atoms with E-state index in [-0.39, 0.29) is 12.1 Å². The van der Waals surface area contributed by atoms with Crippen LogP contribution >= 0.6 is 0 Å². The lowest BCUT2D eigenvalue weighted by atomic mass is 9.83. The molecule has 0 amide bonds. The lowest BCUT2D eigenvalue weighted by Crippen LogP contribution is -2.56. The second-order valence-electron chi connectivity index (χ2n) is 7.34. The first kappa shape index (κ1) is 16.4. The average Bonchev–Trinajstić information content (AvgIpc) is 2.62. The van der Waals surface area contributed by atoms with E-state index in [1.54, 1.807) is 0 Å². The normalized spacial score (nSPS) is 24.2. The Bertz CT molecular complexity index is 753. The van der Waals surface area contributed by atoms with Crippen LogP contribution in [-0.4, -0.2) is 48.3 Å². The van der Waals surface area contributed by atoms with Crippen LogP contribution in [0.3, 0.4) is 0 Å². The van der Waals surface area contributed by atoms with Gasteiger partial charge in [0.1, 0.15) is 0 Å². The fourth-order valence-electron chi connectivity index (χ4n) is 4.40. The molecule has 1 heterocycles. The van der Waals surface area contributed by atoms with E-state index in [0.717, 1.165) is 50.4 Å². The zero-order chi connectivity index (χ0) is 17.4. The van der Waals surface area contributed by atoms with E-state index < -0.39 is 0 Å². The molecule has 4 nitrogen and oxygen atoms in total. The second kappa shape index (κ2) is 6.70. The monoisotopic (exact) mass is 337 g/mol. The van der Waals surface area contributed by atoms with Gasteiger partial charge in [0, 0.05) is 38.6 Å². The maximum Gasteiger partial charge on any atom is 0.0739 e. The fourth-order valence-corrected chi connectivity index (χ4v) is 4.40. The van der Waals surface area contributed by atoms with E-state index in [1.165, 1.54) is 16.7 Å². The number of aliphatic hydroxyl groups excluding tert-OH is 1. The maximum absolute atomic E-state index is 10.7. The number of nitrogens with two attached hydrogens (primary N) is 1. The minimum absolute atomic E-state index is 0.226. The highest BCUT2D eigenvalue weighted by molar-refractivity contribution is 5.67. The third kappa shape index (κ3) is 3.12. The number of piperazine rings is 1. The van der Waals surface area contributed by atoms with Crippen LogP contribution in [0.1, 0.15) is 16.7 Å². The Morgan fingerprint density at radius 1 is 0.960 bits per heavy atom.